The van der Waals surface area contributed by atoms with E-state index in [9.17, 15) is 0 Å². The van der Waals surface area contributed by atoms with Gasteiger partial charge in [0.05, 0.1) is 12.7 Å². The maximum atomic E-state index is 6.00. The molecule has 0 amide bonds. The monoisotopic (exact) mass is 310 g/mol. The van der Waals surface area contributed by atoms with Crippen molar-refractivity contribution in [2.45, 2.75) is 84.7 Å². The third-order valence-electron chi connectivity index (χ3n) is 3.52. The molecule has 0 aromatic rings. The normalized spacial score (nSPS) is 13.4. The quantitative estimate of drug-likeness (QED) is 0.254. The molecule has 0 rings (SSSR count). The largest absolute Gasteiger partial charge is 0.379 e. The molecule has 0 aromatic carbocycles. The fourth-order valence-electron chi connectivity index (χ4n) is 2.18. The summed E-state index contributed by atoms with van der Waals surface area (Å²) in [5.41, 5.74) is 0. The summed E-state index contributed by atoms with van der Waals surface area (Å²) in [5, 5.41) is 0. The highest BCUT2D eigenvalue weighted by Gasteiger charge is 2.08. The molecule has 1 atom stereocenters. The second kappa shape index (κ2) is 18.4. The van der Waals surface area contributed by atoms with Crippen LogP contribution in [0.25, 0.3) is 0 Å². The molecule has 2 heteroatoms. The SMILES string of the molecule is CC/C=C/CCCOCC(CCCC)OCCC/C=C/CC. The molecule has 0 aliphatic heterocycles. The number of hydrogen-bond donors (Lipinski definition) is 0. The molecule has 0 fully saturated rings. The van der Waals surface area contributed by atoms with Crippen molar-refractivity contribution in [1.82, 2.24) is 0 Å². The summed E-state index contributed by atoms with van der Waals surface area (Å²) in [7, 11) is 0. The Balaban J connectivity index is 3.68. The van der Waals surface area contributed by atoms with Crippen LogP contribution >= 0.6 is 0 Å². The molecule has 0 N–H and O–H groups in total. The molecule has 0 saturated heterocycles. The lowest BCUT2D eigenvalue weighted by Crippen LogP contribution is -2.21. The van der Waals surface area contributed by atoms with Gasteiger partial charge >= 0.3 is 0 Å². The average molecular weight is 311 g/mol. The Morgan fingerprint density at radius 3 is 2.00 bits per heavy atom. The second-order valence-corrected chi connectivity index (χ2v) is 5.75. The zero-order valence-corrected chi connectivity index (χ0v) is 15.2. The molecule has 0 heterocycles. The highest BCUT2D eigenvalue weighted by atomic mass is 16.5. The Kier molecular flexibility index (Phi) is 17.9. The van der Waals surface area contributed by atoms with Crippen LogP contribution < -0.4 is 0 Å². The number of hydrogen-bond acceptors (Lipinski definition) is 2. The van der Waals surface area contributed by atoms with E-state index in [1.165, 1.54) is 12.8 Å². The summed E-state index contributed by atoms with van der Waals surface area (Å²) >= 11 is 0. The van der Waals surface area contributed by atoms with Crippen LogP contribution in [0.4, 0.5) is 0 Å². The zero-order chi connectivity index (χ0) is 16.3. The van der Waals surface area contributed by atoms with Gasteiger partial charge in [-0.3, -0.25) is 0 Å². The van der Waals surface area contributed by atoms with E-state index >= 15 is 0 Å². The average Bonchev–Trinajstić information content (AvgIpc) is 2.54. The van der Waals surface area contributed by atoms with Crippen molar-refractivity contribution in [3.05, 3.63) is 24.3 Å². The first-order valence-corrected chi connectivity index (χ1v) is 9.34. The number of allylic oxidation sites excluding steroid dienone is 4. The van der Waals surface area contributed by atoms with E-state index in [0.29, 0.717) is 0 Å². The summed E-state index contributed by atoms with van der Waals surface area (Å²) in [6, 6.07) is 0. The van der Waals surface area contributed by atoms with Crippen LogP contribution in [0, 0.1) is 0 Å². The first kappa shape index (κ1) is 21.4. The lowest BCUT2D eigenvalue weighted by molar-refractivity contribution is -0.0222. The Morgan fingerprint density at radius 1 is 0.773 bits per heavy atom. The van der Waals surface area contributed by atoms with E-state index in [4.69, 9.17) is 9.47 Å². The lowest BCUT2D eigenvalue weighted by Gasteiger charge is -2.17. The minimum atomic E-state index is 0.279. The summed E-state index contributed by atoms with van der Waals surface area (Å²) in [4.78, 5) is 0. The van der Waals surface area contributed by atoms with Crippen LogP contribution in [0.3, 0.4) is 0 Å². The van der Waals surface area contributed by atoms with Gasteiger partial charge in [0.25, 0.3) is 0 Å². The van der Waals surface area contributed by atoms with Gasteiger partial charge in [0.15, 0.2) is 0 Å². The van der Waals surface area contributed by atoms with Crippen LogP contribution in [-0.2, 0) is 9.47 Å². The summed E-state index contributed by atoms with van der Waals surface area (Å²) in [5.74, 6) is 0. The van der Waals surface area contributed by atoms with E-state index in [2.05, 4.69) is 45.1 Å². The fraction of sp³-hybridized carbons (Fsp3) is 0.800. The summed E-state index contributed by atoms with van der Waals surface area (Å²) in [6.07, 6.45) is 19.5. The molecular formula is C20H38O2. The second-order valence-electron chi connectivity index (χ2n) is 5.75. The van der Waals surface area contributed by atoms with Gasteiger partial charge in [0.2, 0.25) is 0 Å². The van der Waals surface area contributed by atoms with Crippen LogP contribution in [-0.4, -0.2) is 25.9 Å². The standard InChI is InChI=1S/C20H38O2/c1-4-7-10-12-14-17-21-19-20(16-9-6-3)22-18-15-13-11-8-5-2/h7-8,10-11,20H,4-6,9,12-19H2,1-3H3/b10-7+,11-8+. The molecular weight excluding hydrogens is 272 g/mol. The van der Waals surface area contributed by atoms with E-state index in [-0.39, 0.29) is 6.10 Å². The minimum absolute atomic E-state index is 0.279. The van der Waals surface area contributed by atoms with Crippen LogP contribution in [0.1, 0.15) is 78.6 Å². The molecule has 0 aliphatic carbocycles. The minimum Gasteiger partial charge on any atom is -0.379 e. The highest BCUT2D eigenvalue weighted by Crippen LogP contribution is 2.08. The Labute approximate surface area is 139 Å². The lowest BCUT2D eigenvalue weighted by atomic mass is 10.1. The predicted octanol–water partition coefficient (Wildman–Crippen LogP) is 6.07. The van der Waals surface area contributed by atoms with Gasteiger partial charge in [-0.25, -0.2) is 0 Å². The molecule has 0 saturated carbocycles. The van der Waals surface area contributed by atoms with Gasteiger partial charge in [-0.15, -0.1) is 0 Å². The van der Waals surface area contributed by atoms with Crippen LogP contribution in [0.15, 0.2) is 24.3 Å². The van der Waals surface area contributed by atoms with Gasteiger partial charge in [-0.2, -0.15) is 0 Å². The number of ether oxygens (including phenoxy) is 2. The smallest absolute Gasteiger partial charge is 0.0808 e. The first-order valence-electron chi connectivity index (χ1n) is 9.34. The van der Waals surface area contributed by atoms with Crippen molar-refractivity contribution >= 4 is 0 Å². The van der Waals surface area contributed by atoms with Crippen molar-refractivity contribution in [2.75, 3.05) is 19.8 Å². The van der Waals surface area contributed by atoms with Crippen molar-refractivity contribution in [3.8, 4) is 0 Å². The third kappa shape index (κ3) is 15.8. The molecule has 0 spiro atoms. The Morgan fingerprint density at radius 2 is 1.41 bits per heavy atom. The zero-order valence-electron chi connectivity index (χ0n) is 15.2. The van der Waals surface area contributed by atoms with E-state index < -0.39 is 0 Å². The van der Waals surface area contributed by atoms with Gasteiger partial charge in [-0.05, 0) is 44.9 Å². The van der Waals surface area contributed by atoms with Crippen LogP contribution in [0.5, 0.6) is 0 Å². The Bertz CT molecular complexity index is 258. The molecule has 0 bridgehead atoms. The maximum Gasteiger partial charge on any atom is 0.0808 e. The van der Waals surface area contributed by atoms with Gasteiger partial charge < -0.3 is 9.47 Å². The highest BCUT2D eigenvalue weighted by molar-refractivity contribution is 4.80. The van der Waals surface area contributed by atoms with E-state index in [1.807, 2.05) is 0 Å². The number of unbranched alkanes of at least 4 members (excludes halogenated alkanes) is 3. The predicted molar refractivity (Wildman–Crippen MR) is 97.4 cm³/mol. The van der Waals surface area contributed by atoms with Crippen molar-refractivity contribution in [3.63, 3.8) is 0 Å². The molecule has 0 aromatic heterocycles. The Hall–Kier alpha value is -0.600. The van der Waals surface area contributed by atoms with Gasteiger partial charge in [0.1, 0.15) is 0 Å². The maximum absolute atomic E-state index is 6.00. The van der Waals surface area contributed by atoms with E-state index in [0.717, 1.165) is 64.8 Å². The molecule has 1 unspecified atom stereocenters. The number of rotatable bonds is 16. The summed E-state index contributed by atoms with van der Waals surface area (Å²) < 4.78 is 11.8. The van der Waals surface area contributed by atoms with Crippen molar-refractivity contribution in [2.24, 2.45) is 0 Å². The molecule has 0 radical (unpaired) electrons. The van der Waals surface area contributed by atoms with Crippen molar-refractivity contribution in [1.29, 1.82) is 0 Å². The van der Waals surface area contributed by atoms with Gasteiger partial charge in [-0.1, -0.05) is 57.9 Å². The molecule has 0 aliphatic rings. The summed E-state index contributed by atoms with van der Waals surface area (Å²) in [6.45, 7) is 9.02. The molecule has 22 heavy (non-hydrogen) atoms. The fourth-order valence-corrected chi connectivity index (χ4v) is 2.18. The topological polar surface area (TPSA) is 18.5 Å². The molecule has 130 valence electrons. The van der Waals surface area contributed by atoms with Gasteiger partial charge in [0, 0.05) is 13.2 Å². The third-order valence-corrected chi connectivity index (χ3v) is 3.52. The first-order chi connectivity index (χ1) is 10.8. The van der Waals surface area contributed by atoms with Crippen LogP contribution in [0.2, 0.25) is 0 Å². The van der Waals surface area contributed by atoms with E-state index in [1.54, 1.807) is 0 Å². The van der Waals surface area contributed by atoms with Crippen molar-refractivity contribution < 1.29 is 9.47 Å². The molecule has 2 nitrogen and oxygen atoms in total.